The minimum atomic E-state index is -0.701. The van der Waals surface area contributed by atoms with E-state index in [0.717, 1.165) is 5.56 Å². The van der Waals surface area contributed by atoms with Crippen LogP contribution in [0, 0.1) is 5.21 Å². The van der Waals surface area contributed by atoms with E-state index in [1.807, 2.05) is 30.3 Å². The molecule has 0 fully saturated rings. The first kappa shape index (κ1) is 12.5. The van der Waals surface area contributed by atoms with Crippen LogP contribution in [-0.2, 0) is 9.47 Å². The highest BCUT2D eigenvalue weighted by Crippen LogP contribution is 2.20. The van der Waals surface area contributed by atoms with Crippen LogP contribution in [0.4, 0.5) is 0 Å². The number of benzene rings is 1. The smallest absolute Gasteiger partial charge is 0.290 e. The van der Waals surface area contributed by atoms with Crippen LogP contribution in [0.5, 0.6) is 0 Å². The first-order valence-corrected chi connectivity index (χ1v) is 5.46. The van der Waals surface area contributed by atoms with Gasteiger partial charge in [-0.3, -0.25) is 0 Å². The second-order valence-electron chi connectivity index (χ2n) is 3.69. The lowest BCUT2D eigenvalue weighted by Crippen LogP contribution is -2.35. The maximum absolute atomic E-state index is 11.7. The molecule has 1 aromatic carbocycles. The summed E-state index contributed by atoms with van der Waals surface area (Å²) >= 11 is 0. The van der Waals surface area contributed by atoms with Crippen molar-refractivity contribution in [1.82, 2.24) is 4.98 Å². The van der Waals surface area contributed by atoms with Gasteiger partial charge in [0.15, 0.2) is 11.4 Å². The van der Waals surface area contributed by atoms with Gasteiger partial charge in [0.1, 0.15) is 0 Å². The normalized spacial score (nSPS) is 10.8. The Balaban J connectivity index is 2.44. The van der Waals surface area contributed by atoms with E-state index >= 15 is 0 Å². The van der Waals surface area contributed by atoms with E-state index in [0.29, 0.717) is 16.1 Å². The van der Waals surface area contributed by atoms with E-state index < -0.39 is 6.29 Å². The number of ether oxygens (including phenoxy) is 2. The van der Waals surface area contributed by atoms with Gasteiger partial charge in [0.2, 0.25) is 6.29 Å². The summed E-state index contributed by atoms with van der Waals surface area (Å²) < 4.78 is 10.8. The summed E-state index contributed by atoms with van der Waals surface area (Å²) in [7, 11) is 2.97. The molecule has 5 nitrogen and oxygen atoms in total. The van der Waals surface area contributed by atoms with Crippen LogP contribution in [0.25, 0.3) is 11.3 Å². The maximum Gasteiger partial charge on any atom is 0.290 e. The lowest BCUT2D eigenvalue weighted by Gasteiger charge is -2.16. The van der Waals surface area contributed by atoms with Crippen molar-refractivity contribution in [3.8, 4) is 11.3 Å². The molecule has 0 aliphatic heterocycles. The summed E-state index contributed by atoms with van der Waals surface area (Å²) in [5.74, 6) is 0. The Morgan fingerprint density at radius 3 is 2.44 bits per heavy atom. The number of nitrogens with zero attached hydrogens (tertiary/aromatic N) is 2. The third-order valence-electron chi connectivity index (χ3n) is 2.58. The van der Waals surface area contributed by atoms with E-state index in [4.69, 9.17) is 9.47 Å². The van der Waals surface area contributed by atoms with E-state index in [1.165, 1.54) is 20.5 Å². The van der Waals surface area contributed by atoms with Gasteiger partial charge < -0.3 is 14.7 Å². The largest absolute Gasteiger partial charge is 0.711 e. The molecule has 0 saturated carbocycles. The minimum Gasteiger partial charge on any atom is -0.711 e. The van der Waals surface area contributed by atoms with E-state index in [-0.39, 0.29) is 0 Å². The van der Waals surface area contributed by atoms with Crippen LogP contribution >= 0.6 is 0 Å². The second-order valence-corrected chi connectivity index (χ2v) is 3.69. The van der Waals surface area contributed by atoms with Crippen molar-refractivity contribution in [3.63, 3.8) is 0 Å². The molecule has 0 radical (unpaired) electrons. The fraction of sp³-hybridized carbons (Fsp3) is 0.231. The zero-order valence-corrected chi connectivity index (χ0v) is 10.2. The summed E-state index contributed by atoms with van der Waals surface area (Å²) in [6, 6.07) is 11.3. The van der Waals surface area contributed by atoms with E-state index in [2.05, 4.69) is 4.98 Å². The van der Waals surface area contributed by atoms with Crippen LogP contribution in [-0.4, -0.2) is 19.2 Å². The molecule has 2 rings (SSSR count). The van der Waals surface area contributed by atoms with Crippen molar-refractivity contribution < 1.29 is 14.2 Å². The molecule has 1 heterocycles. The average Bonchev–Trinajstić information content (AvgIpc) is 2.43. The van der Waals surface area contributed by atoms with Gasteiger partial charge in [-0.2, -0.15) is 0 Å². The molecular formula is C13H14N2O3. The average molecular weight is 246 g/mol. The first-order chi connectivity index (χ1) is 8.76. The summed E-state index contributed by atoms with van der Waals surface area (Å²) in [5, 5.41) is 11.7. The van der Waals surface area contributed by atoms with Crippen molar-refractivity contribution in [2.45, 2.75) is 6.29 Å². The summed E-state index contributed by atoms with van der Waals surface area (Å²) in [5.41, 5.74) is 2.01. The Kier molecular flexibility index (Phi) is 3.86. The molecular weight excluding hydrogens is 232 g/mol. The number of hydrogen-bond donors (Lipinski definition) is 0. The molecule has 5 heteroatoms. The van der Waals surface area contributed by atoms with Crippen molar-refractivity contribution in [2.75, 3.05) is 14.2 Å². The van der Waals surface area contributed by atoms with Gasteiger partial charge >= 0.3 is 0 Å². The fourth-order valence-electron chi connectivity index (χ4n) is 1.70. The molecule has 0 aliphatic rings. The van der Waals surface area contributed by atoms with Gasteiger partial charge in [0, 0.05) is 25.8 Å². The summed E-state index contributed by atoms with van der Waals surface area (Å²) in [6.07, 6.45) is 0.510. The standard InChI is InChI=1S/C13H14N2O3/c1-17-13(18-2)12-8-11(14-9-15(12)16)10-6-4-3-5-7-10/h3-9,13H,1-2H3. The Hall–Kier alpha value is -1.98. The Bertz CT molecular complexity index is 513. The lowest BCUT2D eigenvalue weighted by molar-refractivity contribution is -0.626. The van der Waals surface area contributed by atoms with Gasteiger partial charge in [-0.25, -0.2) is 4.73 Å². The first-order valence-electron chi connectivity index (χ1n) is 5.46. The summed E-state index contributed by atoms with van der Waals surface area (Å²) in [4.78, 5) is 4.10. The Morgan fingerprint density at radius 2 is 1.83 bits per heavy atom. The number of methoxy groups -OCH3 is 2. The van der Waals surface area contributed by atoms with E-state index in [1.54, 1.807) is 6.07 Å². The molecule has 2 aromatic rings. The number of aromatic nitrogens is 2. The summed E-state index contributed by atoms with van der Waals surface area (Å²) in [6.45, 7) is 0. The highest BCUT2D eigenvalue weighted by atomic mass is 16.7. The Morgan fingerprint density at radius 1 is 1.17 bits per heavy atom. The van der Waals surface area contributed by atoms with Crippen LogP contribution in [0.2, 0.25) is 0 Å². The molecule has 18 heavy (non-hydrogen) atoms. The van der Waals surface area contributed by atoms with Crippen molar-refractivity contribution in [1.29, 1.82) is 0 Å². The van der Waals surface area contributed by atoms with E-state index in [9.17, 15) is 5.21 Å². The minimum absolute atomic E-state index is 0.369. The van der Waals surface area contributed by atoms with Crippen LogP contribution in [0.1, 0.15) is 12.0 Å². The second kappa shape index (κ2) is 5.57. The van der Waals surface area contributed by atoms with Crippen molar-refractivity contribution in [3.05, 3.63) is 53.6 Å². The van der Waals surface area contributed by atoms with Crippen LogP contribution < -0.4 is 4.73 Å². The molecule has 1 aromatic heterocycles. The zero-order chi connectivity index (χ0) is 13.0. The third-order valence-corrected chi connectivity index (χ3v) is 2.58. The van der Waals surface area contributed by atoms with Gasteiger partial charge in [-0.1, -0.05) is 30.3 Å². The molecule has 94 valence electrons. The van der Waals surface area contributed by atoms with Crippen LogP contribution in [0.3, 0.4) is 0 Å². The van der Waals surface area contributed by atoms with Gasteiger partial charge in [-0.05, 0) is 4.98 Å². The van der Waals surface area contributed by atoms with Gasteiger partial charge in [0.25, 0.3) is 6.33 Å². The highest BCUT2D eigenvalue weighted by Gasteiger charge is 2.18. The van der Waals surface area contributed by atoms with Gasteiger partial charge in [0.05, 0.1) is 0 Å². The monoisotopic (exact) mass is 246 g/mol. The molecule has 0 unspecified atom stereocenters. The fourth-order valence-corrected chi connectivity index (χ4v) is 1.70. The lowest BCUT2D eigenvalue weighted by atomic mass is 10.1. The topological polar surface area (TPSA) is 58.3 Å². The molecule has 0 atom stereocenters. The van der Waals surface area contributed by atoms with Crippen molar-refractivity contribution >= 4 is 0 Å². The number of rotatable bonds is 4. The highest BCUT2D eigenvalue weighted by molar-refractivity contribution is 5.58. The number of hydrogen-bond acceptors (Lipinski definition) is 4. The van der Waals surface area contributed by atoms with Crippen LogP contribution in [0.15, 0.2) is 42.7 Å². The SMILES string of the molecule is COC(OC)c1cc(-c2ccccc2)nc[n+]1[O-]. The molecule has 0 saturated heterocycles. The maximum atomic E-state index is 11.7. The van der Waals surface area contributed by atoms with Crippen molar-refractivity contribution in [2.24, 2.45) is 0 Å². The molecule has 0 aliphatic carbocycles. The molecule has 0 spiro atoms. The van der Waals surface area contributed by atoms with Gasteiger partial charge in [-0.15, -0.1) is 0 Å². The zero-order valence-electron chi connectivity index (χ0n) is 10.2. The predicted molar refractivity (Wildman–Crippen MR) is 65.4 cm³/mol. The molecule has 0 amide bonds. The Labute approximate surface area is 105 Å². The third kappa shape index (κ3) is 2.47. The quantitative estimate of drug-likeness (QED) is 0.468. The predicted octanol–water partition coefficient (Wildman–Crippen LogP) is 1.67. The molecule has 0 N–H and O–H groups in total. The molecule has 0 bridgehead atoms.